The second kappa shape index (κ2) is 8.61. The second-order valence-electron chi connectivity index (χ2n) is 8.31. The number of methoxy groups -OCH3 is 1. The molecule has 3 aromatic rings. The minimum Gasteiger partial charge on any atom is -0.497 e. The van der Waals surface area contributed by atoms with E-state index in [4.69, 9.17) is 9.72 Å². The van der Waals surface area contributed by atoms with Gasteiger partial charge in [0.05, 0.1) is 7.11 Å². The maximum absolute atomic E-state index is 5.38. The number of hydrogen-bond acceptors (Lipinski definition) is 6. The van der Waals surface area contributed by atoms with E-state index in [1.54, 1.807) is 13.3 Å². The van der Waals surface area contributed by atoms with E-state index in [1.807, 2.05) is 48.3 Å². The molecule has 0 bridgehead atoms. The van der Waals surface area contributed by atoms with E-state index < -0.39 is 0 Å². The zero-order valence-corrected chi connectivity index (χ0v) is 18.1. The summed E-state index contributed by atoms with van der Waals surface area (Å²) in [6.45, 7) is 6.19. The van der Waals surface area contributed by atoms with Crippen LogP contribution in [0.2, 0.25) is 0 Å². The zero-order valence-electron chi connectivity index (χ0n) is 18.1. The van der Waals surface area contributed by atoms with Gasteiger partial charge in [0.25, 0.3) is 0 Å². The van der Waals surface area contributed by atoms with Crippen LogP contribution in [0.25, 0.3) is 22.6 Å². The number of hydrogen-bond donors (Lipinski definition) is 1. The van der Waals surface area contributed by atoms with Gasteiger partial charge in [-0.1, -0.05) is 26.0 Å². The maximum atomic E-state index is 5.38. The molecule has 3 rings (SSSR count). The van der Waals surface area contributed by atoms with Gasteiger partial charge in [0.2, 0.25) is 5.95 Å². The fourth-order valence-electron chi connectivity index (χ4n) is 3.46. The summed E-state index contributed by atoms with van der Waals surface area (Å²) in [4.78, 5) is 16.1. The van der Waals surface area contributed by atoms with Crippen LogP contribution in [0.3, 0.4) is 0 Å². The summed E-state index contributed by atoms with van der Waals surface area (Å²) in [5.41, 5.74) is 2.77. The number of imidazole rings is 1. The van der Waals surface area contributed by atoms with Crippen LogP contribution in [0, 0.1) is 5.41 Å². The molecule has 0 aliphatic carbocycles. The molecule has 7 heteroatoms. The van der Waals surface area contributed by atoms with Gasteiger partial charge in [-0.2, -0.15) is 0 Å². The molecule has 154 valence electrons. The number of nitrogens with one attached hydrogen (secondary N) is 1. The summed E-state index contributed by atoms with van der Waals surface area (Å²) in [6.07, 6.45) is 5.55. The summed E-state index contributed by atoms with van der Waals surface area (Å²) in [6, 6.07) is 7.90. The lowest BCUT2D eigenvalue weighted by Crippen LogP contribution is -2.34. The Bertz CT molecular complexity index is 963. The Labute approximate surface area is 172 Å². The van der Waals surface area contributed by atoms with Crippen LogP contribution in [0.1, 0.15) is 13.8 Å². The lowest BCUT2D eigenvalue weighted by atomic mass is 9.93. The molecule has 0 saturated heterocycles. The van der Waals surface area contributed by atoms with E-state index in [2.05, 4.69) is 48.1 Å². The van der Waals surface area contributed by atoms with Gasteiger partial charge < -0.3 is 19.5 Å². The van der Waals surface area contributed by atoms with Crippen LogP contribution < -0.4 is 10.1 Å². The molecule has 0 radical (unpaired) electrons. The van der Waals surface area contributed by atoms with Gasteiger partial charge in [-0.05, 0) is 37.2 Å². The fraction of sp³-hybridized carbons (Fsp3) is 0.409. The first-order valence-corrected chi connectivity index (χ1v) is 9.67. The van der Waals surface area contributed by atoms with Gasteiger partial charge in [0, 0.05) is 44.3 Å². The smallest absolute Gasteiger partial charge is 0.223 e. The predicted molar refractivity (Wildman–Crippen MR) is 117 cm³/mol. The highest BCUT2D eigenvalue weighted by Crippen LogP contribution is 2.31. The Morgan fingerprint density at radius 3 is 2.66 bits per heavy atom. The molecular formula is C22H30N6O. The molecule has 0 atom stereocenters. The SMILES string of the molecule is COc1cccc(-c2cnc(NCC(C)(C)CN(C)C)nc2-c2nccn2C)c1. The minimum atomic E-state index is 0.0850. The Balaban J connectivity index is 1.97. The van der Waals surface area contributed by atoms with Crippen LogP contribution in [-0.2, 0) is 7.05 Å². The zero-order chi connectivity index (χ0) is 21.0. The Morgan fingerprint density at radius 1 is 1.21 bits per heavy atom. The van der Waals surface area contributed by atoms with Gasteiger partial charge in [-0.3, -0.25) is 0 Å². The number of benzene rings is 1. The number of anilines is 1. The molecule has 7 nitrogen and oxygen atoms in total. The molecule has 0 unspecified atom stereocenters. The third kappa shape index (κ3) is 5.12. The lowest BCUT2D eigenvalue weighted by molar-refractivity contribution is 0.254. The Morgan fingerprint density at radius 2 is 2.00 bits per heavy atom. The van der Waals surface area contributed by atoms with Crippen LogP contribution in [0.5, 0.6) is 5.75 Å². The van der Waals surface area contributed by atoms with Crippen LogP contribution >= 0.6 is 0 Å². The normalized spacial score (nSPS) is 11.7. The summed E-state index contributed by atoms with van der Waals surface area (Å²) in [5.74, 6) is 2.18. The predicted octanol–water partition coefficient (Wildman–Crippen LogP) is 3.55. The van der Waals surface area contributed by atoms with Gasteiger partial charge in [-0.25, -0.2) is 15.0 Å². The Hall–Kier alpha value is -2.93. The van der Waals surface area contributed by atoms with Crippen molar-refractivity contribution in [3.05, 3.63) is 42.9 Å². The molecule has 0 aliphatic rings. The first kappa shape index (κ1) is 20.8. The standard InChI is InChI=1S/C22H30N6O/c1-22(2,15-27(3)4)14-25-21-24-13-18(16-8-7-9-17(12-16)29-6)19(26-21)20-23-10-11-28(20)5/h7-13H,14-15H2,1-6H3,(H,24,25,26). The number of nitrogens with zero attached hydrogens (tertiary/aromatic N) is 5. The molecular weight excluding hydrogens is 364 g/mol. The van der Waals surface area contributed by atoms with E-state index in [0.29, 0.717) is 5.95 Å². The molecule has 29 heavy (non-hydrogen) atoms. The number of ether oxygens (including phenoxy) is 1. The molecule has 0 amide bonds. The van der Waals surface area contributed by atoms with Crippen molar-refractivity contribution in [1.82, 2.24) is 24.4 Å². The van der Waals surface area contributed by atoms with Crippen molar-refractivity contribution >= 4 is 5.95 Å². The molecule has 0 fully saturated rings. The van der Waals surface area contributed by atoms with Crippen molar-refractivity contribution in [2.45, 2.75) is 13.8 Å². The van der Waals surface area contributed by atoms with Crippen molar-refractivity contribution in [3.63, 3.8) is 0 Å². The van der Waals surface area contributed by atoms with Gasteiger partial charge >= 0.3 is 0 Å². The van der Waals surface area contributed by atoms with Crippen molar-refractivity contribution in [2.24, 2.45) is 12.5 Å². The highest BCUT2D eigenvalue weighted by molar-refractivity contribution is 5.78. The monoisotopic (exact) mass is 394 g/mol. The summed E-state index contributed by atoms with van der Waals surface area (Å²) in [7, 11) is 7.80. The van der Waals surface area contributed by atoms with E-state index in [9.17, 15) is 0 Å². The van der Waals surface area contributed by atoms with Gasteiger partial charge in [0.15, 0.2) is 5.82 Å². The Kier molecular flexibility index (Phi) is 6.17. The fourth-order valence-corrected chi connectivity index (χ4v) is 3.46. The molecule has 0 spiro atoms. The first-order valence-electron chi connectivity index (χ1n) is 9.67. The average Bonchev–Trinajstić information content (AvgIpc) is 3.11. The van der Waals surface area contributed by atoms with Gasteiger partial charge in [0.1, 0.15) is 11.4 Å². The highest BCUT2D eigenvalue weighted by atomic mass is 16.5. The summed E-state index contributed by atoms with van der Waals surface area (Å²) < 4.78 is 7.35. The van der Waals surface area contributed by atoms with Crippen LogP contribution in [0.4, 0.5) is 5.95 Å². The number of aryl methyl sites for hydroxylation is 1. The second-order valence-corrected chi connectivity index (χ2v) is 8.31. The molecule has 0 saturated carbocycles. The number of aromatic nitrogens is 4. The third-order valence-electron chi connectivity index (χ3n) is 4.67. The van der Waals surface area contributed by atoms with E-state index in [-0.39, 0.29) is 5.41 Å². The topological polar surface area (TPSA) is 68.1 Å². The van der Waals surface area contributed by atoms with E-state index >= 15 is 0 Å². The van der Waals surface area contributed by atoms with Crippen molar-refractivity contribution in [2.75, 3.05) is 39.6 Å². The molecule has 2 aromatic heterocycles. The largest absolute Gasteiger partial charge is 0.497 e. The van der Waals surface area contributed by atoms with Crippen molar-refractivity contribution in [1.29, 1.82) is 0 Å². The number of rotatable bonds is 8. The van der Waals surface area contributed by atoms with Crippen molar-refractivity contribution in [3.8, 4) is 28.4 Å². The molecule has 1 N–H and O–H groups in total. The van der Waals surface area contributed by atoms with Crippen LogP contribution in [-0.4, -0.2) is 58.7 Å². The average molecular weight is 395 g/mol. The summed E-state index contributed by atoms with van der Waals surface area (Å²) >= 11 is 0. The van der Waals surface area contributed by atoms with E-state index in [0.717, 1.165) is 41.5 Å². The quantitative estimate of drug-likeness (QED) is 0.630. The summed E-state index contributed by atoms with van der Waals surface area (Å²) in [5, 5.41) is 3.40. The molecule has 1 aromatic carbocycles. The van der Waals surface area contributed by atoms with Crippen LogP contribution in [0.15, 0.2) is 42.9 Å². The van der Waals surface area contributed by atoms with E-state index in [1.165, 1.54) is 0 Å². The lowest BCUT2D eigenvalue weighted by Gasteiger charge is -2.28. The maximum Gasteiger partial charge on any atom is 0.223 e. The first-order chi connectivity index (χ1) is 13.8. The van der Waals surface area contributed by atoms with Crippen molar-refractivity contribution < 1.29 is 4.74 Å². The molecule has 0 aliphatic heterocycles. The molecule has 2 heterocycles. The highest BCUT2D eigenvalue weighted by Gasteiger charge is 2.20. The third-order valence-corrected chi connectivity index (χ3v) is 4.67. The minimum absolute atomic E-state index is 0.0850. The van der Waals surface area contributed by atoms with Gasteiger partial charge in [-0.15, -0.1) is 0 Å².